The van der Waals surface area contributed by atoms with Gasteiger partial charge in [-0.05, 0) is 68.7 Å². The van der Waals surface area contributed by atoms with Gasteiger partial charge in [-0.2, -0.15) is 10.1 Å². The third-order valence-corrected chi connectivity index (χ3v) is 5.88. The molecule has 1 aliphatic rings. The Bertz CT molecular complexity index is 1270. The molecule has 0 unspecified atom stereocenters. The summed E-state index contributed by atoms with van der Waals surface area (Å²) in [7, 11) is 0. The number of nitrogens with zero attached hydrogens (tertiary/aromatic N) is 4. The first-order valence-corrected chi connectivity index (χ1v) is 11.0. The summed E-state index contributed by atoms with van der Waals surface area (Å²) < 4.78 is 20.5. The van der Waals surface area contributed by atoms with Gasteiger partial charge in [0.1, 0.15) is 24.7 Å². The lowest BCUT2D eigenvalue weighted by Gasteiger charge is -2.35. The van der Waals surface area contributed by atoms with Crippen LogP contribution in [0, 0.1) is 19.7 Å². The second-order valence-electron chi connectivity index (χ2n) is 8.11. The molecule has 1 N–H and O–H groups in total. The van der Waals surface area contributed by atoms with E-state index in [4.69, 9.17) is 4.74 Å². The summed E-state index contributed by atoms with van der Waals surface area (Å²) in [5.74, 6) is -0.799. The van der Waals surface area contributed by atoms with Gasteiger partial charge in [-0.25, -0.2) is 13.9 Å². The van der Waals surface area contributed by atoms with Crippen LogP contribution >= 0.6 is 0 Å². The number of hydrogen-bond donors (Lipinski definition) is 1. The highest BCUT2D eigenvalue weighted by Gasteiger charge is 2.38. The van der Waals surface area contributed by atoms with Crippen molar-refractivity contribution in [1.82, 2.24) is 14.8 Å². The molecule has 8 nitrogen and oxygen atoms in total. The largest absolute Gasteiger partial charge is 0.463 e. The summed E-state index contributed by atoms with van der Waals surface area (Å²) in [4.78, 5) is 32.0. The highest BCUT2D eigenvalue weighted by molar-refractivity contribution is 5.96. The normalized spacial score (nSPS) is 15.2. The average Bonchev–Trinajstić information content (AvgIpc) is 3.28. The zero-order chi connectivity index (χ0) is 24.4. The second-order valence-corrected chi connectivity index (χ2v) is 8.11. The molecular formula is C25H26FN5O3. The minimum absolute atomic E-state index is 0.0868. The molecule has 1 atom stereocenters. The maximum absolute atomic E-state index is 13.6. The summed E-state index contributed by atoms with van der Waals surface area (Å²) >= 11 is 0. The topological polar surface area (TPSA) is 89.3 Å². The number of halogens is 1. The number of ether oxygens (including phenoxy) is 1. The molecule has 0 bridgehead atoms. The Balaban J connectivity index is 1.71. The predicted molar refractivity (Wildman–Crippen MR) is 126 cm³/mol. The first kappa shape index (κ1) is 23.2. The number of amides is 1. The molecule has 0 radical (unpaired) electrons. The van der Waals surface area contributed by atoms with Crippen LogP contribution in [0.3, 0.4) is 0 Å². The molecular weight excluding hydrogens is 437 g/mol. The summed E-state index contributed by atoms with van der Waals surface area (Å²) in [5, 5.41) is 7.22. The predicted octanol–water partition coefficient (Wildman–Crippen LogP) is 3.92. The van der Waals surface area contributed by atoms with Crippen LogP contribution in [0.2, 0.25) is 0 Å². The smallest absolute Gasteiger partial charge is 0.338 e. The molecule has 176 valence electrons. The zero-order valence-corrected chi connectivity index (χ0v) is 19.5. The van der Waals surface area contributed by atoms with Gasteiger partial charge in [0.25, 0.3) is 0 Å². The van der Waals surface area contributed by atoms with Crippen LogP contribution in [0.5, 0.6) is 0 Å². The number of carbonyl (C=O) groups excluding carboxylic acids is 2. The first-order valence-electron chi connectivity index (χ1n) is 11.0. The van der Waals surface area contributed by atoms with Crippen LogP contribution in [0.4, 0.5) is 16.0 Å². The molecule has 2 heterocycles. The van der Waals surface area contributed by atoms with Crippen molar-refractivity contribution in [3.05, 3.63) is 82.6 Å². The van der Waals surface area contributed by atoms with E-state index in [1.165, 1.54) is 18.5 Å². The number of allylic oxidation sites excluding steroid dienone is 1. The Morgan fingerprint density at radius 2 is 1.82 bits per heavy atom. The number of anilines is 2. The SMILES string of the molecule is CCOC(=O)C1=C(C)N(CC(=O)Nc2ccc(C)c(C)c2)c2ncnn2[C@@H]1c1ccc(F)cc1. The van der Waals surface area contributed by atoms with E-state index in [-0.39, 0.29) is 24.9 Å². The standard InChI is InChI=1S/C25H26FN5O3/c1-5-34-24(33)22-17(4)30(13-21(32)29-20-11-6-15(2)16(3)12-20)25-27-14-28-31(25)23(22)18-7-9-19(26)10-8-18/h6-12,14,23H,5,13H2,1-4H3,(H,29,32)/t23-/m1/s1. The van der Waals surface area contributed by atoms with Crippen molar-refractivity contribution in [2.75, 3.05) is 23.4 Å². The van der Waals surface area contributed by atoms with Gasteiger partial charge in [-0.3, -0.25) is 4.79 Å². The number of aryl methyl sites for hydroxylation is 2. The van der Waals surface area contributed by atoms with Gasteiger partial charge in [-0.1, -0.05) is 18.2 Å². The average molecular weight is 464 g/mol. The van der Waals surface area contributed by atoms with Crippen molar-refractivity contribution in [1.29, 1.82) is 0 Å². The van der Waals surface area contributed by atoms with Gasteiger partial charge in [0.2, 0.25) is 11.9 Å². The summed E-state index contributed by atoms with van der Waals surface area (Å²) in [6.07, 6.45) is 1.36. The minimum atomic E-state index is -0.670. The van der Waals surface area contributed by atoms with E-state index in [0.717, 1.165) is 11.1 Å². The van der Waals surface area contributed by atoms with Gasteiger partial charge in [0, 0.05) is 11.4 Å². The van der Waals surface area contributed by atoms with E-state index in [2.05, 4.69) is 15.4 Å². The van der Waals surface area contributed by atoms with Crippen LogP contribution in [-0.2, 0) is 14.3 Å². The van der Waals surface area contributed by atoms with Crippen LogP contribution in [0.1, 0.15) is 36.6 Å². The Labute approximate surface area is 197 Å². The Morgan fingerprint density at radius 3 is 2.50 bits per heavy atom. The highest BCUT2D eigenvalue weighted by Crippen LogP contribution is 2.38. The van der Waals surface area contributed by atoms with Gasteiger partial charge < -0.3 is 15.0 Å². The molecule has 3 aromatic rings. The van der Waals surface area contributed by atoms with Crippen molar-refractivity contribution < 1.29 is 18.7 Å². The molecule has 0 saturated heterocycles. The van der Waals surface area contributed by atoms with Crippen LogP contribution in [0.25, 0.3) is 0 Å². The van der Waals surface area contributed by atoms with Crippen molar-refractivity contribution >= 4 is 23.5 Å². The lowest BCUT2D eigenvalue weighted by molar-refractivity contribution is -0.139. The molecule has 1 aromatic heterocycles. The first-order chi connectivity index (χ1) is 16.3. The van der Waals surface area contributed by atoms with E-state index in [1.54, 1.807) is 35.6 Å². The van der Waals surface area contributed by atoms with Crippen LogP contribution < -0.4 is 10.2 Å². The number of aromatic nitrogens is 3. The van der Waals surface area contributed by atoms with Crippen LogP contribution in [-0.4, -0.2) is 39.8 Å². The number of hydrogen-bond acceptors (Lipinski definition) is 6. The van der Waals surface area contributed by atoms with Crippen molar-refractivity contribution in [3.8, 4) is 0 Å². The van der Waals surface area contributed by atoms with Gasteiger partial charge >= 0.3 is 5.97 Å². The Hall–Kier alpha value is -4.01. The van der Waals surface area contributed by atoms with E-state index in [1.807, 2.05) is 32.0 Å². The number of nitrogens with one attached hydrogen (secondary N) is 1. The summed E-state index contributed by atoms with van der Waals surface area (Å²) in [6.45, 7) is 7.54. The molecule has 0 spiro atoms. The number of esters is 1. The maximum Gasteiger partial charge on any atom is 0.338 e. The molecule has 2 aromatic carbocycles. The van der Waals surface area contributed by atoms with Crippen molar-refractivity contribution in [2.45, 2.75) is 33.7 Å². The minimum Gasteiger partial charge on any atom is -0.463 e. The van der Waals surface area contributed by atoms with E-state index >= 15 is 0 Å². The van der Waals surface area contributed by atoms with E-state index in [0.29, 0.717) is 28.5 Å². The van der Waals surface area contributed by atoms with Crippen molar-refractivity contribution in [3.63, 3.8) is 0 Å². The quantitative estimate of drug-likeness (QED) is 0.558. The molecule has 1 aliphatic heterocycles. The summed E-state index contributed by atoms with van der Waals surface area (Å²) in [6, 6.07) is 10.9. The Kier molecular flexibility index (Phi) is 6.45. The lowest BCUT2D eigenvalue weighted by Crippen LogP contribution is -2.40. The molecule has 0 fully saturated rings. The number of benzene rings is 2. The second kappa shape index (κ2) is 9.46. The molecule has 1 amide bonds. The maximum atomic E-state index is 13.6. The van der Waals surface area contributed by atoms with Gasteiger partial charge in [0.05, 0.1) is 12.2 Å². The van der Waals surface area contributed by atoms with Crippen molar-refractivity contribution in [2.24, 2.45) is 0 Å². The molecule has 4 rings (SSSR count). The number of rotatable bonds is 6. The van der Waals surface area contributed by atoms with E-state index in [9.17, 15) is 14.0 Å². The molecule has 0 saturated carbocycles. The monoisotopic (exact) mass is 463 g/mol. The third-order valence-electron chi connectivity index (χ3n) is 5.88. The van der Waals surface area contributed by atoms with Crippen LogP contribution in [0.15, 0.2) is 60.1 Å². The fourth-order valence-electron chi connectivity index (χ4n) is 4.01. The fraction of sp³-hybridized carbons (Fsp3) is 0.280. The third kappa shape index (κ3) is 4.41. The van der Waals surface area contributed by atoms with E-state index < -0.39 is 12.0 Å². The molecule has 0 aliphatic carbocycles. The highest BCUT2D eigenvalue weighted by atomic mass is 19.1. The van der Waals surface area contributed by atoms with Gasteiger partial charge in [0.15, 0.2) is 0 Å². The fourth-order valence-corrected chi connectivity index (χ4v) is 4.01. The molecule has 34 heavy (non-hydrogen) atoms. The Morgan fingerprint density at radius 1 is 1.09 bits per heavy atom. The number of carbonyl (C=O) groups is 2. The van der Waals surface area contributed by atoms with Gasteiger partial charge in [-0.15, -0.1) is 0 Å². The summed E-state index contributed by atoms with van der Waals surface area (Å²) in [5.41, 5.74) is 4.36. The zero-order valence-electron chi connectivity index (χ0n) is 19.5. The number of fused-ring (bicyclic) bond motifs is 1. The molecule has 9 heteroatoms. The lowest BCUT2D eigenvalue weighted by atomic mass is 9.95.